The molecule has 1 aromatic rings. The normalized spacial score (nSPS) is 13.5. The van der Waals surface area contributed by atoms with Crippen molar-refractivity contribution in [3.63, 3.8) is 0 Å². The van der Waals surface area contributed by atoms with Gasteiger partial charge in [-0.1, -0.05) is 5.21 Å². The summed E-state index contributed by atoms with van der Waals surface area (Å²) in [4.78, 5) is 11.5. The highest BCUT2D eigenvalue weighted by Crippen LogP contribution is 2.02. The molecule has 3 N–H and O–H groups in total. The summed E-state index contributed by atoms with van der Waals surface area (Å²) < 4.78 is 0. The second kappa shape index (κ2) is 5.02. The minimum atomic E-state index is -0.243. The first-order valence-electron chi connectivity index (χ1n) is 5.16. The van der Waals surface area contributed by atoms with Crippen molar-refractivity contribution in [2.75, 3.05) is 6.54 Å². The predicted octanol–water partition coefficient (Wildman–Crippen LogP) is -0.235. The Morgan fingerprint density at radius 3 is 2.69 bits per heavy atom. The molecule has 0 aliphatic heterocycles. The fourth-order valence-electron chi connectivity index (χ4n) is 1.06. The monoisotopic (exact) mass is 226 g/mol. The van der Waals surface area contributed by atoms with E-state index in [-0.39, 0.29) is 24.0 Å². The van der Waals surface area contributed by atoms with E-state index in [1.807, 2.05) is 20.8 Å². The largest absolute Gasteiger partial charge is 0.345 e. The maximum Gasteiger partial charge on any atom is 0.234 e. The summed E-state index contributed by atoms with van der Waals surface area (Å²) in [6.07, 6.45) is 0. The molecule has 0 aromatic carbocycles. The Hall–Kier alpha value is -1.50. The Morgan fingerprint density at radius 2 is 2.19 bits per heavy atom. The Bertz CT molecular complexity index is 328. The third-order valence-corrected chi connectivity index (χ3v) is 1.91. The van der Waals surface area contributed by atoms with Crippen molar-refractivity contribution in [3.8, 4) is 0 Å². The van der Waals surface area contributed by atoms with Crippen molar-refractivity contribution < 1.29 is 4.79 Å². The number of H-pyrrole nitrogens is 1. The minimum Gasteiger partial charge on any atom is -0.345 e. The van der Waals surface area contributed by atoms with Gasteiger partial charge in [-0.05, 0) is 27.7 Å². The predicted molar refractivity (Wildman–Crippen MR) is 58.5 cm³/mol. The Labute approximate surface area is 94.4 Å². The molecule has 0 aliphatic rings. The number of rotatable bonds is 4. The number of carbonyl (C=O) groups excluding carboxylic acids is 1. The van der Waals surface area contributed by atoms with Gasteiger partial charge in [0.15, 0.2) is 5.82 Å². The van der Waals surface area contributed by atoms with Crippen LogP contribution in [0.2, 0.25) is 0 Å². The smallest absolute Gasteiger partial charge is 0.234 e. The summed E-state index contributed by atoms with van der Waals surface area (Å²) in [5.41, 5.74) is -0.0767. The van der Waals surface area contributed by atoms with Gasteiger partial charge in [0, 0.05) is 5.54 Å². The molecule has 0 bridgehead atoms. The first kappa shape index (κ1) is 12.6. The van der Waals surface area contributed by atoms with E-state index in [0.29, 0.717) is 5.82 Å². The van der Waals surface area contributed by atoms with E-state index in [1.165, 1.54) is 0 Å². The summed E-state index contributed by atoms with van der Waals surface area (Å²) in [6.45, 7) is 8.08. The van der Waals surface area contributed by atoms with Crippen molar-refractivity contribution in [2.24, 2.45) is 0 Å². The van der Waals surface area contributed by atoms with Gasteiger partial charge >= 0.3 is 0 Å². The molecule has 0 spiro atoms. The molecule has 7 nitrogen and oxygen atoms in total. The van der Waals surface area contributed by atoms with Crippen molar-refractivity contribution in [3.05, 3.63) is 5.82 Å². The summed E-state index contributed by atoms with van der Waals surface area (Å²) in [5, 5.41) is 19.2. The van der Waals surface area contributed by atoms with Gasteiger partial charge in [0.1, 0.15) is 0 Å². The Balaban J connectivity index is 2.35. The van der Waals surface area contributed by atoms with Gasteiger partial charge < -0.3 is 10.6 Å². The van der Waals surface area contributed by atoms with Crippen LogP contribution in [0, 0.1) is 0 Å². The lowest BCUT2D eigenvalue weighted by molar-refractivity contribution is -0.121. The fraction of sp³-hybridized carbons (Fsp3) is 0.778. The standard InChI is InChI=1S/C9H18N6O/c1-6(8-12-14-15-13-8)11-7(16)5-10-9(2,3)4/h6,10H,5H2,1-4H3,(H,11,16)(H,12,13,14,15). The van der Waals surface area contributed by atoms with Crippen molar-refractivity contribution >= 4 is 5.91 Å². The van der Waals surface area contributed by atoms with Crippen LogP contribution in [0.15, 0.2) is 0 Å². The van der Waals surface area contributed by atoms with Crippen molar-refractivity contribution in [1.82, 2.24) is 31.3 Å². The molecular weight excluding hydrogens is 208 g/mol. The number of aromatic nitrogens is 4. The van der Waals surface area contributed by atoms with E-state index in [2.05, 4.69) is 31.3 Å². The minimum absolute atomic E-state index is 0.0767. The maximum atomic E-state index is 11.5. The van der Waals surface area contributed by atoms with Gasteiger partial charge in [-0.3, -0.25) is 4.79 Å². The number of nitrogens with one attached hydrogen (secondary N) is 3. The second-order valence-corrected chi connectivity index (χ2v) is 4.66. The molecular formula is C9H18N6O. The zero-order valence-electron chi connectivity index (χ0n) is 10.0. The molecule has 1 heterocycles. The van der Waals surface area contributed by atoms with Crippen molar-refractivity contribution in [1.29, 1.82) is 0 Å². The topological polar surface area (TPSA) is 95.6 Å². The first-order chi connectivity index (χ1) is 7.38. The first-order valence-corrected chi connectivity index (χ1v) is 5.16. The molecule has 1 atom stereocenters. The summed E-state index contributed by atoms with van der Waals surface area (Å²) in [7, 11) is 0. The second-order valence-electron chi connectivity index (χ2n) is 4.66. The molecule has 0 radical (unpaired) electrons. The number of aromatic amines is 1. The van der Waals surface area contributed by atoms with Gasteiger partial charge in [-0.25, -0.2) is 0 Å². The van der Waals surface area contributed by atoms with Crippen LogP contribution in [-0.2, 0) is 4.79 Å². The molecule has 0 fully saturated rings. The molecule has 90 valence electrons. The third kappa shape index (κ3) is 4.35. The number of hydrogen-bond acceptors (Lipinski definition) is 5. The molecule has 1 amide bonds. The van der Waals surface area contributed by atoms with Gasteiger partial charge in [0.2, 0.25) is 5.91 Å². The number of carbonyl (C=O) groups is 1. The number of hydrogen-bond donors (Lipinski definition) is 3. The van der Waals surface area contributed by atoms with Gasteiger partial charge in [0.05, 0.1) is 12.6 Å². The molecule has 0 aliphatic carbocycles. The van der Waals surface area contributed by atoms with Crippen LogP contribution in [0.1, 0.15) is 39.6 Å². The summed E-state index contributed by atoms with van der Waals surface area (Å²) >= 11 is 0. The molecule has 0 saturated carbocycles. The van der Waals surface area contributed by atoms with Crippen LogP contribution < -0.4 is 10.6 Å². The van der Waals surface area contributed by atoms with E-state index in [1.54, 1.807) is 6.92 Å². The van der Waals surface area contributed by atoms with Crippen LogP contribution >= 0.6 is 0 Å². The molecule has 1 aromatic heterocycles. The molecule has 1 rings (SSSR count). The highest BCUT2D eigenvalue weighted by molar-refractivity contribution is 5.78. The van der Waals surface area contributed by atoms with Gasteiger partial charge in [0.25, 0.3) is 0 Å². The molecule has 7 heteroatoms. The summed E-state index contributed by atoms with van der Waals surface area (Å²) in [6, 6.07) is -0.243. The average Bonchev–Trinajstić information content (AvgIpc) is 2.66. The number of nitrogens with zero attached hydrogens (tertiary/aromatic N) is 3. The number of amides is 1. The average molecular weight is 226 g/mol. The molecule has 1 unspecified atom stereocenters. The van der Waals surface area contributed by atoms with Gasteiger partial charge in [-0.2, -0.15) is 5.21 Å². The Morgan fingerprint density at radius 1 is 1.50 bits per heavy atom. The Kier molecular flexibility index (Phi) is 3.94. The van der Waals surface area contributed by atoms with Crippen LogP contribution in [0.4, 0.5) is 0 Å². The van der Waals surface area contributed by atoms with Crippen molar-refractivity contribution in [2.45, 2.75) is 39.3 Å². The van der Waals surface area contributed by atoms with Crippen LogP contribution in [0.3, 0.4) is 0 Å². The molecule has 0 saturated heterocycles. The highest BCUT2D eigenvalue weighted by Gasteiger charge is 2.15. The quantitative estimate of drug-likeness (QED) is 0.659. The third-order valence-electron chi connectivity index (χ3n) is 1.91. The lowest BCUT2D eigenvalue weighted by atomic mass is 10.1. The lowest BCUT2D eigenvalue weighted by Crippen LogP contribution is -2.43. The van der Waals surface area contributed by atoms with Crippen LogP contribution in [-0.4, -0.2) is 38.6 Å². The number of tetrazole rings is 1. The zero-order valence-corrected chi connectivity index (χ0v) is 10.0. The van der Waals surface area contributed by atoms with Crippen LogP contribution in [0.25, 0.3) is 0 Å². The van der Waals surface area contributed by atoms with Gasteiger partial charge in [-0.15, -0.1) is 10.2 Å². The van der Waals surface area contributed by atoms with E-state index >= 15 is 0 Å². The van der Waals surface area contributed by atoms with E-state index in [4.69, 9.17) is 0 Å². The van der Waals surface area contributed by atoms with E-state index in [9.17, 15) is 4.79 Å². The lowest BCUT2D eigenvalue weighted by Gasteiger charge is -2.20. The van der Waals surface area contributed by atoms with E-state index < -0.39 is 0 Å². The van der Waals surface area contributed by atoms with E-state index in [0.717, 1.165) is 0 Å². The SMILES string of the molecule is CC(NC(=O)CNC(C)(C)C)c1nn[nH]n1. The zero-order chi connectivity index (χ0) is 12.2. The molecule has 16 heavy (non-hydrogen) atoms. The highest BCUT2D eigenvalue weighted by atomic mass is 16.2. The maximum absolute atomic E-state index is 11.5. The summed E-state index contributed by atoms with van der Waals surface area (Å²) in [5.74, 6) is 0.385. The van der Waals surface area contributed by atoms with Crippen LogP contribution in [0.5, 0.6) is 0 Å². The fourth-order valence-corrected chi connectivity index (χ4v) is 1.06.